The van der Waals surface area contributed by atoms with Crippen molar-refractivity contribution >= 4 is 17.0 Å². The van der Waals surface area contributed by atoms with Gasteiger partial charge < -0.3 is 10.6 Å². The van der Waals surface area contributed by atoms with E-state index in [4.69, 9.17) is 11.6 Å². The zero-order chi connectivity index (χ0) is 15.3. The van der Waals surface area contributed by atoms with Crippen LogP contribution in [0, 0.1) is 6.92 Å². The van der Waals surface area contributed by atoms with E-state index in [9.17, 15) is 0 Å². The van der Waals surface area contributed by atoms with Crippen LogP contribution in [0.5, 0.6) is 0 Å². The van der Waals surface area contributed by atoms with Gasteiger partial charge in [0.15, 0.2) is 0 Å². The van der Waals surface area contributed by atoms with Crippen molar-refractivity contribution in [2.75, 3.05) is 11.6 Å². The van der Waals surface area contributed by atoms with Gasteiger partial charge in [0.05, 0.1) is 12.4 Å². The van der Waals surface area contributed by atoms with E-state index in [1.807, 2.05) is 5.01 Å². The van der Waals surface area contributed by atoms with Crippen LogP contribution < -0.4 is 16.5 Å². The fraction of sp³-hybridized carbons (Fsp3) is 0.438. The minimum absolute atomic E-state index is 0.505. The number of hydrazine groups is 1. The third kappa shape index (κ3) is 2.32. The van der Waals surface area contributed by atoms with Crippen molar-refractivity contribution in [3.63, 3.8) is 0 Å². The largest absolute Gasteiger partial charge is 0.354 e. The molecular weight excluding hydrogens is 294 g/mol. The number of rotatable bonds is 3. The van der Waals surface area contributed by atoms with E-state index < -0.39 is 0 Å². The van der Waals surface area contributed by atoms with Crippen molar-refractivity contribution in [2.24, 2.45) is 11.6 Å². The molecule has 1 saturated carbocycles. The van der Waals surface area contributed by atoms with Gasteiger partial charge in [0.1, 0.15) is 5.01 Å². The van der Waals surface area contributed by atoms with Gasteiger partial charge in [-0.1, -0.05) is 12.1 Å². The molecule has 0 saturated heterocycles. The average molecular weight is 315 g/mol. The molecule has 2 aromatic rings. The molecule has 0 atom stereocenters. The number of nitrogens with two attached hydrogens (primary N) is 2. The number of anilines is 1. The van der Waals surface area contributed by atoms with Crippen molar-refractivity contribution < 1.29 is 0 Å². The topological polar surface area (TPSA) is 71.4 Å². The molecule has 22 heavy (non-hydrogen) atoms. The highest BCUT2D eigenvalue weighted by Gasteiger charge is 2.35. The van der Waals surface area contributed by atoms with Crippen molar-refractivity contribution in [3.8, 4) is 11.3 Å². The molecule has 116 valence electrons. The molecule has 1 aromatic carbocycles. The fourth-order valence-electron chi connectivity index (χ4n) is 3.31. The van der Waals surface area contributed by atoms with E-state index in [0.717, 1.165) is 23.9 Å². The van der Waals surface area contributed by atoms with Crippen LogP contribution in [0.1, 0.15) is 29.0 Å². The molecule has 2 aliphatic rings. The Balaban J connectivity index is 1.81. The van der Waals surface area contributed by atoms with Crippen LogP contribution in [0.2, 0.25) is 0 Å². The molecule has 4 rings (SSSR count). The number of nitrogens with zero attached hydrogens (tertiary/aromatic N) is 3. The van der Waals surface area contributed by atoms with E-state index in [1.165, 1.54) is 35.2 Å². The average Bonchev–Trinajstić information content (AvgIpc) is 3.25. The van der Waals surface area contributed by atoms with Crippen LogP contribution in [-0.4, -0.2) is 22.7 Å². The van der Waals surface area contributed by atoms with Crippen LogP contribution in [0.15, 0.2) is 17.5 Å². The zero-order valence-corrected chi connectivity index (χ0v) is 13.6. The van der Waals surface area contributed by atoms with Gasteiger partial charge in [0, 0.05) is 35.8 Å². The lowest BCUT2D eigenvalue weighted by atomic mass is 9.97. The van der Waals surface area contributed by atoms with E-state index >= 15 is 0 Å². The summed E-state index contributed by atoms with van der Waals surface area (Å²) in [5.74, 6) is 6.09. The second kappa shape index (κ2) is 5.31. The maximum atomic E-state index is 6.09. The highest BCUT2D eigenvalue weighted by atomic mass is 32.1. The Bertz CT molecular complexity index is 707. The Morgan fingerprint density at radius 3 is 2.86 bits per heavy atom. The van der Waals surface area contributed by atoms with Crippen LogP contribution in [0.25, 0.3) is 11.3 Å². The minimum Gasteiger partial charge on any atom is -0.354 e. The summed E-state index contributed by atoms with van der Waals surface area (Å²) < 4.78 is 0. The summed E-state index contributed by atoms with van der Waals surface area (Å²) in [4.78, 5) is 7.12. The Labute approximate surface area is 134 Å². The summed E-state index contributed by atoms with van der Waals surface area (Å²) in [5.41, 5.74) is 11.9. The normalized spacial score (nSPS) is 18.6. The smallest absolute Gasteiger partial charge is 0.107 e. The first-order valence-electron chi connectivity index (χ1n) is 7.71. The Kier molecular flexibility index (Phi) is 3.41. The predicted molar refractivity (Wildman–Crippen MR) is 90.3 cm³/mol. The summed E-state index contributed by atoms with van der Waals surface area (Å²) in [7, 11) is 0. The first-order valence-corrected chi connectivity index (χ1v) is 8.59. The summed E-state index contributed by atoms with van der Waals surface area (Å²) in [5, 5.41) is 4.99. The first-order chi connectivity index (χ1) is 10.7. The van der Waals surface area contributed by atoms with Gasteiger partial charge in [-0.3, -0.25) is 5.84 Å². The van der Waals surface area contributed by atoms with Crippen LogP contribution in [-0.2, 0) is 13.1 Å². The number of aromatic nitrogens is 1. The quantitative estimate of drug-likeness (QED) is 0.850. The molecule has 0 unspecified atom stereocenters. The standard InChI is InChI=1S/C16H21N5S/c1-10-13(14-8-22-15(6-17)19-14)5-2-11-7-20(18)9-21(16(10)11)12-3-4-12/h2,5,8,12H,3-4,6-7,9,17-18H2,1H3. The summed E-state index contributed by atoms with van der Waals surface area (Å²) in [6.07, 6.45) is 2.54. The lowest BCUT2D eigenvalue weighted by Crippen LogP contribution is -2.47. The Morgan fingerprint density at radius 1 is 1.36 bits per heavy atom. The molecule has 0 spiro atoms. The number of thiazole rings is 1. The van der Waals surface area contributed by atoms with Gasteiger partial charge >= 0.3 is 0 Å². The molecule has 0 bridgehead atoms. The molecule has 0 radical (unpaired) electrons. The van der Waals surface area contributed by atoms with Gasteiger partial charge in [0.2, 0.25) is 0 Å². The highest BCUT2D eigenvalue weighted by Crippen LogP contribution is 2.41. The van der Waals surface area contributed by atoms with Crippen molar-refractivity contribution in [1.82, 2.24) is 9.99 Å². The van der Waals surface area contributed by atoms with Crippen molar-refractivity contribution in [3.05, 3.63) is 33.6 Å². The second-order valence-corrected chi connectivity index (χ2v) is 7.11. The third-order valence-electron chi connectivity index (χ3n) is 4.50. The van der Waals surface area contributed by atoms with Crippen LogP contribution in [0.3, 0.4) is 0 Å². The highest BCUT2D eigenvalue weighted by molar-refractivity contribution is 7.09. The predicted octanol–water partition coefficient (Wildman–Crippen LogP) is 2.19. The van der Waals surface area contributed by atoms with Gasteiger partial charge in [-0.2, -0.15) is 0 Å². The van der Waals surface area contributed by atoms with Gasteiger partial charge in [-0.05, 0) is 30.9 Å². The second-order valence-electron chi connectivity index (χ2n) is 6.17. The number of hydrogen-bond acceptors (Lipinski definition) is 6. The molecule has 1 aliphatic heterocycles. The molecule has 1 aromatic heterocycles. The maximum absolute atomic E-state index is 6.09. The zero-order valence-electron chi connectivity index (χ0n) is 12.7. The lowest BCUT2D eigenvalue weighted by molar-refractivity contribution is 0.258. The van der Waals surface area contributed by atoms with E-state index in [-0.39, 0.29) is 0 Å². The molecular formula is C16H21N5S. The van der Waals surface area contributed by atoms with Gasteiger partial charge in [-0.15, -0.1) is 11.3 Å². The van der Waals surface area contributed by atoms with E-state index in [1.54, 1.807) is 11.3 Å². The first kappa shape index (κ1) is 14.1. The maximum Gasteiger partial charge on any atom is 0.107 e. The number of hydrogen-bond donors (Lipinski definition) is 2. The van der Waals surface area contributed by atoms with Crippen molar-refractivity contribution in [1.29, 1.82) is 0 Å². The lowest BCUT2D eigenvalue weighted by Gasteiger charge is -2.38. The summed E-state index contributed by atoms with van der Waals surface area (Å²) >= 11 is 1.63. The minimum atomic E-state index is 0.505. The summed E-state index contributed by atoms with van der Waals surface area (Å²) in [6.45, 7) is 4.33. The monoisotopic (exact) mass is 315 g/mol. The SMILES string of the molecule is Cc1c(-c2csc(CN)n2)ccc2c1N(C1CC1)CN(N)C2. The van der Waals surface area contributed by atoms with Crippen LogP contribution >= 0.6 is 11.3 Å². The van der Waals surface area contributed by atoms with Crippen molar-refractivity contribution in [2.45, 2.75) is 38.9 Å². The fourth-order valence-corrected chi connectivity index (χ4v) is 3.98. The Hall–Kier alpha value is -1.47. The van der Waals surface area contributed by atoms with Gasteiger partial charge in [-0.25, -0.2) is 9.99 Å². The number of fused-ring (bicyclic) bond motifs is 1. The molecule has 1 aliphatic carbocycles. The van der Waals surface area contributed by atoms with Gasteiger partial charge in [0.25, 0.3) is 0 Å². The Morgan fingerprint density at radius 2 is 2.18 bits per heavy atom. The molecule has 5 nitrogen and oxygen atoms in total. The molecule has 2 heterocycles. The van der Waals surface area contributed by atoms with E-state index in [0.29, 0.717) is 12.6 Å². The third-order valence-corrected chi connectivity index (χ3v) is 5.37. The van der Waals surface area contributed by atoms with E-state index in [2.05, 4.69) is 34.3 Å². The van der Waals surface area contributed by atoms with Crippen LogP contribution in [0.4, 0.5) is 5.69 Å². The molecule has 4 N–H and O–H groups in total. The summed E-state index contributed by atoms with van der Waals surface area (Å²) in [6, 6.07) is 5.02. The molecule has 0 amide bonds. The number of benzene rings is 1. The molecule has 6 heteroatoms. The molecule has 1 fully saturated rings.